The lowest BCUT2D eigenvalue weighted by atomic mass is 9.84. The summed E-state index contributed by atoms with van der Waals surface area (Å²) in [5.41, 5.74) is 0. The number of hydrogen-bond acceptors (Lipinski definition) is 8. The Morgan fingerprint density at radius 1 is 0.490 bits per heavy atom. The maximum Gasteiger partial charge on any atom is 0.220 e. The minimum absolute atomic E-state index is 0.0736. The van der Waals surface area contributed by atoms with Crippen molar-refractivity contribution in [2.24, 2.45) is 5.92 Å². The van der Waals surface area contributed by atoms with Gasteiger partial charge in [0.05, 0.1) is 24.4 Å². The van der Waals surface area contributed by atoms with Crippen molar-refractivity contribution in [2.75, 3.05) is 19.8 Å². The minimum atomic E-state index is -0.676. The molecule has 1 rings (SSSR count). The van der Waals surface area contributed by atoms with Crippen LogP contribution in [0.4, 0.5) is 0 Å². The maximum absolute atomic E-state index is 12.7. The van der Waals surface area contributed by atoms with Crippen molar-refractivity contribution in [3.8, 4) is 0 Å². The number of unbranched alkanes of at least 4 members (excludes halogenated alkanes) is 14. The Bertz CT molecular complexity index is 788. The first-order valence-corrected chi connectivity index (χ1v) is 20.3. The number of carbonyl (C=O) groups excluding carboxylic acids is 2. The molecule has 1 aliphatic rings. The second-order valence-corrected chi connectivity index (χ2v) is 14.8. The Morgan fingerprint density at radius 3 is 1.31 bits per heavy atom. The van der Waals surface area contributed by atoms with E-state index in [-0.39, 0.29) is 37.0 Å². The molecule has 0 radical (unpaired) electrons. The first-order valence-electron chi connectivity index (χ1n) is 20.3. The fourth-order valence-corrected chi connectivity index (χ4v) is 7.00. The highest BCUT2D eigenvalue weighted by atomic mass is 16.3. The second-order valence-electron chi connectivity index (χ2n) is 14.8. The van der Waals surface area contributed by atoms with Gasteiger partial charge in [-0.3, -0.25) is 9.59 Å². The summed E-state index contributed by atoms with van der Waals surface area (Å²) >= 11 is 0. The summed E-state index contributed by atoms with van der Waals surface area (Å²) in [5.74, 6) is 0.438. The molecule has 4 unspecified atom stereocenters. The third-order valence-corrected chi connectivity index (χ3v) is 10.3. The molecule has 1 fully saturated rings. The quantitative estimate of drug-likeness (QED) is 0.0410. The van der Waals surface area contributed by atoms with Crippen LogP contribution in [0.15, 0.2) is 0 Å². The molecule has 49 heavy (non-hydrogen) atoms. The molecule has 1 saturated carbocycles. The van der Waals surface area contributed by atoms with Gasteiger partial charge in [0.1, 0.15) is 0 Å². The van der Waals surface area contributed by atoms with E-state index in [0.29, 0.717) is 45.1 Å². The highest BCUT2D eigenvalue weighted by Gasteiger charge is 2.26. The van der Waals surface area contributed by atoms with Crippen molar-refractivity contribution in [1.29, 1.82) is 0 Å². The molecule has 0 aromatic heterocycles. The van der Waals surface area contributed by atoms with Crippen LogP contribution in [0.25, 0.3) is 0 Å². The summed E-state index contributed by atoms with van der Waals surface area (Å²) in [6, 6.07) is 0.115. The molecule has 0 aromatic rings. The molecule has 0 heterocycles. The summed E-state index contributed by atoms with van der Waals surface area (Å²) in [6.45, 7) is 1.02. The number of hydrogen-bond donors (Lipinski definition) is 8. The molecule has 290 valence electrons. The smallest absolute Gasteiger partial charge is 0.220 e. The molecular formula is C39H76N2O8. The summed E-state index contributed by atoms with van der Waals surface area (Å²) in [4.78, 5) is 25.2. The average molecular weight is 701 g/mol. The van der Waals surface area contributed by atoms with E-state index in [1.54, 1.807) is 0 Å². The molecule has 8 N–H and O–H groups in total. The van der Waals surface area contributed by atoms with Crippen LogP contribution in [-0.2, 0) is 9.59 Å². The highest BCUT2D eigenvalue weighted by molar-refractivity contribution is 5.76. The molecule has 10 heteroatoms. The first-order chi connectivity index (χ1) is 23.8. The van der Waals surface area contributed by atoms with Gasteiger partial charge in [-0.25, -0.2) is 0 Å². The Balaban J connectivity index is 2.08. The molecule has 0 aromatic carbocycles. The van der Waals surface area contributed by atoms with Crippen molar-refractivity contribution in [3.05, 3.63) is 0 Å². The molecule has 0 bridgehead atoms. The highest BCUT2D eigenvalue weighted by Crippen LogP contribution is 2.24. The van der Waals surface area contributed by atoms with Crippen molar-refractivity contribution in [3.63, 3.8) is 0 Å². The van der Waals surface area contributed by atoms with Crippen molar-refractivity contribution in [2.45, 2.75) is 210 Å². The predicted octanol–water partition coefficient (Wildman–Crippen LogP) is 5.57. The summed E-state index contributed by atoms with van der Waals surface area (Å²) in [5, 5.41) is 64.6. The lowest BCUT2D eigenvalue weighted by Crippen LogP contribution is -2.46. The van der Waals surface area contributed by atoms with Crippen LogP contribution in [-0.4, -0.2) is 92.7 Å². The number of carbonyl (C=O) groups is 2. The fraction of sp³-hybridized carbons (Fsp3) is 0.949. The lowest BCUT2D eigenvalue weighted by molar-refractivity contribution is -0.122. The molecule has 10 nitrogen and oxygen atoms in total. The standard InChI is InChI=1S/C39H76N2O8/c42-29-19-9-7-13-25-36(46)34(44)23-11-3-1-5-15-27-38(48)40-31-32-21-17-18-22-33(32)41-39(49)28-16-6-2-4-12-24-35(45)37(47)26-14-8-10-20-30-43/h32-37,42-47H,1-31H2,(H,40,48)(H,41,49)/t32-,33+,34?,35?,36?,37?/m1/s1. The van der Waals surface area contributed by atoms with Gasteiger partial charge >= 0.3 is 0 Å². The van der Waals surface area contributed by atoms with Crippen LogP contribution in [0, 0.1) is 5.92 Å². The monoisotopic (exact) mass is 701 g/mol. The third-order valence-electron chi connectivity index (χ3n) is 10.3. The SMILES string of the molecule is O=C(CCCCCCCC(O)C(O)CCCCCCO)NC[C@H]1CCCC[C@@H]1NC(=O)CCCCCCCC(O)C(O)CCCCCCO. The normalized spacial score (nSPS) is 18.9. The van der Waals surface area contributed by atoms with E-state index in [4.69, 9.17) is 10.2 Å². The Hall–Kier alpha value is -1.30. The van der Waals surface area contributed by atoms with Gasteiger partial charge in [0.15, 0.2) is 0 Å². The molecule has 2 amide bonds. The van der Waals surface area contributed by atoms with Crippen LogP contribution in [0.1, 0.15) is 180 Å². The van der Waals surface area contributed by atoms with E-state index >= 15 is 0 Å². The Labute approximate surface area is 298 Å². The molecular weight excluding hydrogens is 624 g/mol. The van der Waals surface area contributed by atoms with Gasteiger partial charge in [0, 0.05) is 38.6 Å². The van der Waals surface area contributed by atoms with Crippen LogP contribution >= 0.6 is 0 Å². The Kier molecular flexibility index (Phi) is 29.3. The zero-order valence-electron chi connectivity index (χ0n) is 30.9. The zero-order chi connectivity index (χ0) is 36.0. The number of amides is 2. The maximum atomic E-state index is 12.7. The summed E-state index contributed by atoms with van der Waals surface area (Å²) < 4.78 is 0. The van der Waals surface area contributed by atoms with Gasteiger partial charge in [-0.1, -0.05) is 103 Å². The van der Waals surface area contributed by atoms with Gasteiger partial charge < -0.3 is 41.3 Å². The van der Waals surface area contributed by atoms with Gasteiger partial charge in [0.25, 0.3) is 0 Å². The molecule has 0 aliphatic heterocycles. The zero-order valence-corrected chi connectivity index (χ0v) is 30.9. The van der Waals surface area contributed by atoms with Gasteiger partial charge in [-0.15, -0.1) is 0 Å². The third kappa shape index (κ3) is 25.3. The van der Waals surface area contributed by atoms with E-state index in [0.717, 1.165) is 141 Å². The summed E-state index contributed by atoms with van der Waals surface area (Å²) in [6.07, 6.45) is 21.5. The molecule has 0 spiro atoms. The summed E-state index contributed by atoms with van der Waals surface area (Å²) in [7, 11) is 0. The number of rotatable bonds is 33. The Morgan fingerprint density at radius 2 is 0.857 bits per heavy atom. The van der Waals surface area contributed by atoms with Crippen LogP contribution in [0.2, 0.25) is 0 Å². The predicted molar refractivity (Wildman–Crippen MR) is 196 cm³/mol. The fourth-order valence-electron chi connectivity index (χ4n) is 7.00. The number of nitrogens with one attached hydrogen (secondary N) is 2. The van der Waals surface area contributed by atoms with Crippen LogP contribution in [0.3, 0.4) is 0 Å². The van der Waals surface area contributed by atoms with E-state index in [2.05, 4.69) is 10.6 Å². The van der Waals surface area contributed by atoms with Crippen molar-refractivity contribution < 1.29 is 40.2 Å². The lowest BCUT2D eigenvalue weighted by Gasteiger charge is -2.32. The van der Waals surface area contributed by atoms with E-state index in [9.17, 15) is 30.0 Å². The van der Waals surface area contributed by atoms with Crippen molar-refractivity contribution in [1.82, 2.24) is 10.6 Å². The van der Waals surface area contributed by atoms with E-state index in [1.165, 1.54) is 0 Å². The molecule has 6 atom stereocenters. The topological polar surface area (TPSA) is 180 Å². The number of aliphatic hydroxyl groups is 6. The molecule has 0 saturated heterocycles. The van der Waals surface area contributed by atoms with Gasteiger partial charge in [0.2, 0.25) is 11.8 Å². The van der Waals surface area contributed by atoms with Gasteiger partial charge in [-0.05, 0) is 70.1 Å². The van der Waals surface area contributed by atoms with E-state index < -0.39 is 24.4 Å². The van der Waals surface area contributed by atoms with Gasteiger partial charge in [-0.2, -0.15) is 0 Å². The largest absolute Gasteiger partial charge is 0.396 e. The minimum Gasteiger partial charge on any atom is -0.396 e. The van der Waals surface area contributed by atoms with Crippen LogP contribution < -0.4 is 10.6 Å². The van der Waals surface area contributed by atoms with Crippen molar-refractivity contribution >= 4 is 11.8 Å². The average Bonchev–Trinajstić information content (AvgIpc) is 3.09. The molecule has 1 aliphatic carbocycles. The first kappa shape index (κ1) is 45.7. The number of aliphatic hydroxyl groups excluding tert-OH is 6. The van der Waals surface area contributed by atoms with Crippen LogP contribution in [0.5, 0.6) is 0 Å². The van der Waals surface area contributed by atoms with E-state index in [1.807, 2.05) is 0 Å². The second kappa shape index (κ2) is 31.4.